The van der Waals surface area contributed by atoms with Crippen LogP contribution in [0, 0.1) is 5.92 Å². The average molecular weight is 243 g/mol. The van der Waals surface area contributed by atoms with Crippen molar-refractivity contribution in [2.24, 2.45) is 5.92 Å². The molecule has 0 saturated carbocycles. The maximum absolute atomic E-state index is 12.3. The molecule has 4 heteroatoms. The minimum absolute atomic E-state index is 0.153. The van der Waals surface area contributed by atoms with Crippen LogP contribution in [0.1, 0.15) is 22.5 Å². The number of Topliss-reactive ketones (excluding diaryl/α,β-unsaturated/α-hetero) is 1. The standard InChI is InChI=1S/C14H13NO3/c1-18-14(17)10-7-6-9-8-4-2-3-5-11(8)15-12(9)13(10)16/h2-5,10,15H,6-7H2,1H3/t10-/m1/s1. The predicted octanol–water partition coefficient (Wildman–Crippen LogP) is 2.09. The number of aryl methyl sites for hydroxylation is 1. The first-order chi connectivity index (χ1) is 8.72. The minimum Gasteiger partial charge on any atom is -0.468 e. The molecular weight excluding hydrogens is 230 g/mol. The van der Waals surface area contributed by atoms with Gasteiger partial charge in [0, 0.05) is 10.9 Å². The number of fused-ring (bicyclic) bond motifs is 3. The Morgan fingerprint density at radius 2 is 2.17 bits per heavy atom. The van der Waals surface area contributed by atoms with Crippen LogP contribution < -0.4 is 0 Å². The average Bonchev–Trinajstić information content (AvgIpc) is 2.78. The van der Waals surface area contributed by atoms with Gasteiger partial charge >= 0.3 is 5.97 Å². The third-order valence-corrected chi connectivity index (χ3v) is 3.55. The van der Waals surface area contributed by atoms with Crippen LogP contribution in [-0.2, 0) is 16.0 Å². The molecule has 1 aliphatic rings. The van der Waals surface area contributed by atoms with E-state index >= 15 is 0 Å². The van der Waals surface area contributed by atoms with Crippen molar-refractivity contribution in [3.63, 3.8) is 0 Å². The van der Waals surface area contributed by atoms with Gasteiger partial charge in [0.05, 0.1) is 12.8 Å². The number of hydrogen-bond acceptors (Lipinski definition) is 3. The lowest BCUT2D eigenvalue weighted by Crippen LogP contribution is -2.30. The van der Waals surface area contributed by atoms with E-state index in [0.29, 0.717) is 12.1 Å². The van der Waals surface area contributed by atoms with E-state index in [9.17, 15) is 9.59 Å². The zero-order valence-electron chi connectivity index (χ0n) is 10.0. The molecule has 0 fully saturated rings. The third-order valence-electron chi connectivity index (χ3n) is 3.55. The molecule has 0 bridgehead atoms. The Hall–Kier alpha value is -2.10. The summed E-state index contributed by atoms with van der Waals surface area (Å²) in [5.41, 5.74) is 2.54. The molecule has 0 saturated heterocycles. The smallest absolute Gasteiger partial charge is 0.316 e. The molecule has 0 aliphatic heterocycles. The van der Waals surface area contributed by atoms with Crippen molar-refractivity contribution in [2.45, 2.75) is 12.8 Å². The van der Waals surface area contributed by atoms with E-state index in [1.54, 1.807) is 0 Å². The fourth-order valence-electron chi connectivity index (χ4n) is 2.63. The maximum atomic E-state index is 12.3. The second-order valence-corrected chi connectivity index (χ2v) is 4.50. The summed E-state index contributed by atoms with van der Waals surface area (Å²) in [6.07, 6.45) is 1.26. The highest BCUT2D eigenvalue weighted by atomic mass is 16.5. The van der Waals surface area contributed by atoms with Crippen LogP contribution in [0.2, 0.25) is 0 Å². The zero-order valence-corrected chi connectivity index (χ0v) is 10.0. The van der Waals surface area contributed by atoms with E-state index in [-0.39, 0.29) is 5.78 Å². The molecule has 1 N–H and O–H groups in total. The van der Waals surface area contributed by atoms with Gasteiger partial charge in [-0.1, -0.05) is 18.2 Å². The molecule has 3 rings (SSSR count). The molecule has 1 aromatic heterocycles. The number of aromatic nitrogens is 1. The fourth-order valence-corrected chi connectivity index (χ4v) is 2.63. The molecule has 92 valence electrons. The molecule has 0 radical (unpaired) electrons. The van der Waals surface area contributed by atoms with Gasteiger partial charge in [0.1, 0.15) is 5.92 Å². The number of hydrogen-bond donors (Lipinski definition) is 1. The van der Waals surface area contributed by atoms with E-state index in [0.717, 1.165) is 22.9 Å². The number of ether oxygens (including phenoxy) is 1. The summed E-state index contributed by atoms with van der Waals surface area (Å²) in [6, 6.07) is 7.81. The molecule has 1 aromatic carbocycles. The highest BCUT2D eigenvalue weighted by Crippen LogP contribution is 2.31. The number of benzene rings is 1. The third kappa shape index (κ3) is 1.45. The highest BCUT2D eigenvalue weighted by molar-refractivity contribution is 6.12. The summed E-state index contributed by atoms with van der Waals surface area (Å²) in [6.45, 7) is 0. The number of para-hydroxylation sites is 1. The number of esters is 1. The quantitative estimate of drug-likeness (QED) is 0.616. The minimum atomic E-state index is -0.657. The van der Waals surface area contributed by atoms with Gasteiger partial charge in [-0.05, 0) is 24.5 Å². The number of carbonyl (C=O) groups is 2. The number of aromatic amines is 1. The van der Waals surface area contributed by atoms with Gasteiger partial charge in [-0.3, -0.25) is 9.59 Å². The number of nitrogens with one attached hydrogen (secondary N) is 1. The van der Waals surface area contributed by atoms with E-state index in [4.69, 9.17) is 0 Å². The molecule has 0 unspecified atom stereocenters. The van der Waals surface area contributed by atoms with Gasteiger partial charge in [0.25, 0.3) is 0 Å². The zero-order chi connectivity index (χ0) is 12.7. The van der Waals surface area contributed by atoms with Crippen molar-refractivity contribution >= 4 is 22.7 Å². The lowest BCUT2D eigenvalue weighted by molar-refractivity contribution is -0.143. The van der Waals surface area contributed by atoms with E-state index in [1.807, 2.05) is 24.3 Å². The fraction of sp³-hybridized carbons (Fsp3) is 0.286. The largest absolute Gasteiger partial charge is 0.468 e. The van der Waals surface area contributed by atoms with Crippen molar-refractivity contribution < 1.29 is 14.3 Å². The molecule has 4 nitrogen and oxygen atoms in total. The molecule has 1 heterocycles. The second-order valence-electron chi connectivity index (χ2n) is 4.50. The Labute approximate surface area is 104 Å². The van der Waals surface area contributed by atoms with Crippen molar-refractivity contribution in [1.29, 1.82) is 0 Å². The van der Waals surface area contributed by atoms with Crippen molar-refractivity contribution in [1.82, 2.24) is 4.98 Å². The number of methoxy groups -OCH3 is 1. The van der Waals surface area contributed by atoms with Crippen LogP contribution in [0.4, 0.5) is 0 Å². The van der Waals surface area contributed by atoms with Crippen molar-refractivity contribution in [2.75, 3.05) is 7.11 Å². The number of rotatable bonds is 1. The van der Waals surface area contributed by atoms with Crippen molar-refractivity contribution in [3.8, 4) is 0 Å². The van der Waals surface area contributed by atoms with Gasteiger partial charge < -0.3 is 9.72 Å². The summed E-state index contributed by atoms with van der Waals surface area (Å²) >= 11 is 0. The molecule has 1 atom stereocenters. The van der Waals surface area contributed by atoms with E-state index < -0.39 is 11.9 Å². The Kier molecular flexibility index (Phi) is 2.44. The first-order valence-corrected chi connectivity index (χ1v) is 5.94. The van der Waals surface area contributed by atoms with Crippen LogP contribution in [0.3, 0.4) is 0 Å². The number of ketones is 1. The Morgan fingerprint density at radius 1 is 1.39 bits per heavy atom. The van der Waals surface area contributed by atoms with Crippen LogP contribution in [0.25, 0.3) is 10.9 Å². The van der Waals surface area contributed by atoms with Crippen LogP contribution >= 0.6 is 0 Å². The van der Waals surface area contributed by atoms with Gasteiger partial charge in [-0.15, -0.1) is 0 Å². The Morgan fingerprint density at radius 3 is 2.94 bits per heavy atom. The van der Waals surface area contributed by atoms with Crippen LogP contribution in [0.15, 0.2) is 24.3 Å². The number of carbonyl (C=O) groups excluding carboxylic acids is 2. The normalized spacial score (nSPS) is 18.7. The lowest BCUT2D eigenvalue weighted by Gasteiger charge is -2.18. The Balaban J connectivity index is 2.11. The van der Waals surface area contributed by atoms with Gasteiger partial charge in [-0.25, -0.2) is 0 Å². The first kappa shape index (κ1) is 11.0. The van der Waals surface area contributed by atoms with Gasteiger partial charge in [0.15, 0.2) is 5.78 Å². The summed E-state index contributed by atoms with van der Waals surface area (Å²) in [7, 11) is 1.32. The summed E-state index contributed by atoms with van der Waals surface area (Å²) < 4.78 is 4.68. The van der Waals surface area contributed by atoms with Crippen LogP contribution in [0.5, 0.6) is 0 Å². The van der Waals surface area contributed by atoms with Gasteiger partial charge in [0.2, 0.25) is 0 Å². The SMILES string of the molecule is COC(=O)[C@@H]1CCc2c([nH]c3ccccc23)C1=O. The van der Waals surface area contributed by atoms with E-state index in [1.165, 1.54) is 7.11 Å². The summed E-state index contributed by atoms with van der Waals surface area (Å²) in [5.74, 6) is -1.25. The van der Waals surface area contributed by atoms with Gasteiger partial charge in [-0.2, -0.15) is 0 Å². The van der Waals surface area contributed by atoms with Crippen molar-refractivity contribution in [3.05, 3.63) is 35.5 Å². The topological polar surface area (TPSA) is 59.2 Å². The lowest BCUT2D eigenvalue weighted by atomic mass is 9.86. The molecule has 1 aliphatic carbocycles. The molecule has 0 amide bonds. The first-order valence-electron chi connectivity index (χ1n) is 5.94. The number of H-pyrrole nitrogens is 1. The van der Waals surface area contributed by atoms with Crippen LogP contribution in [-0.4, -0.2) is 23.8 Å². The monoisotopic (exact) mass is 243 g/mol. The molecule has 2 aromatic rings. The highest BCUT2D eigenvalue weighted by Gasteiger charge is 2.35. The summed E-state index contributed by atoms with van der Waals surface area (Å²) in [5, 5.41) is 1.07. The second kappa shape index (κ2) is 3.98. The summed E-state index contributed by atoms with van der Waals surface area (Å²) in [4.78, 5) is 26.9. The maximum Gasteiger partial charge on any atom is 0.316 e. The molecular formula is C14H13NO3. The van der Waals surface area contributed by atoms with E-state index in [2.05, 4.69) is 9.72 Å². The molecule has 0 spiro atoms. The predicted molar refractivity (Wildman–Crippen MR) is 66.5 cm³/mol. The Bertz CT molecular complexity index is 642. The molecule has 18 heavy (non-hydrogen) atoms.